The normalized spacial score (nSPS) is 10.8. The molecular weight excluding hydrogens is 388 g/mol. The first-order chi connectivity index (χ1) is 14.1. The molecule has 29 heavy (non-hydrogen) atoms. The van der Waals surface area contributed by atoms with Crippen LogP contribution in [0.15, 0.2) is 54.9 Å². The van der Waals surface area contributed by atoms with Gasteiger partial charge in [0.15, 0.2) is 5.13 Å². The third kappa shape index (κ3) is 3.72. The molecule has 0 aliphatic heterocycles. The van der Waals surface area contributed by atoms with Gasteiger partial charge >= 0.3 is 5.69 Å². The van der Waals surface area contributed by atoms with Crippen LogP contribution in [-0.2, 0) is 0 Å². The second kappa shape index (κ2) is 7.80. The molecule has 0 spiro atoms. The van der Waals surface area contributed by atoms with Crippen molar-refractivity contribution >= 4 is 49.7 Å². The number of nitro groups is 1. The number of benzene rings is 2. The highest BCUT2D eigenvalue weighted by molar-refractivity contribution is 7.22. The molecule has 146 valence electrons. The van der Waals surface area contributed by atoms with Crippen molar-refractivity contribution in [2.75, 3.05) is 16.8 Å². The number of hydrogen-bond acceptors (Lipinski definition) is 8. The van der Waals surface area contributed by atoms with Gasteiger partial charge in [0, 0.05) is 12.2 Å². The summed E-state index contributed by atoms with van der Waals surface area (Å²) >= 11 is 1.42. The minimum Gasteiger partial charge on any atom is -0.321 e. The highest BCUT2D eigenvalue weighted by atomic mass is 32.1. The van der Waals surface area contributed by atoms with Gasteiger partial charge in [0.05, 0.1) is 15.1 Å². The van der Waals surface area contributed by atoms with Crippen LogP contribution in [-0.4, -0.2) is 26.4 Å². The molecule has 0 atom stereocenters. The summed E-state index contributed by atoms with van der Waals surface area (Å²) in [5, 5.41) is 15.5. The van der Waals surface area contributed by atoms with E-state index in [0.29, 0.717) is 11.7 Å². The van der Waals surface area contributed by atoms with E-state index in [1.54, 1.807) is 4.90 Å². The van der Waals surface area contributed by atoms with E-state index in [9.17, 15) is 10.1 Å². The quantitative estimate of drug-likeness (QED) is 0.347. The Morgan fingerprint density at radius 1 is 1.17 bits per heavy atom. The molecule has 0 bridgehead atoms. The van der Waals surface area contributed by atoms with Crippen molar-refractivity contribution < 1.29 is 4.92 Å². The zero-order valence-electron chi connectivity index (χ0n) is 15.9. The smallest absolute Gasteiger partial charge is 0.321 e. The first kappa shape index (κ1) is 18.8. The number of hydrogen-bond donors (Lipinski definition) is 1. The van der Waals surface area contributed by atoms with Crippen LogP contribution in [0.4, 0.5) is 28.1 Å². The molecule has 0 aliphatic carbocycles. The Hall–Kier alpha value is -3.59. The van der Waals surface area contributed by atoms with Crippen molar-refractivity contribution in [1.29, 1.82) is 0 Å². The van der Waals surface area contributed by atoms with Gasteiger partial charge in [-0.2, -0.15) is 0 Å². The lowest BCUT2D eigenvalue weighted by Crippen LogP contribution is -2.19. The van der Waals surface area contributed by atoms with E-state index < -0.39 is 4.92 Å². The molecule has 1 N–H and O–H groups in total. The Labute approximate surface area is 171 Å². The third-order valence-electron chi connectivity index (χ3n) is 4.39. The first-order valence-electron chi connectivity index (χ1n) is 9.03. The molecule has 4 rings (SSSR count). The number of nitrogens with zero attached hydrogens (tertiary/aromatic N) is 5. The van der Waals surface area contributed by atoms with E-state index in [4.69, 9.17) is 0 Å². The summed E-state index contributed by atoms with van der Waals surface area (Å²) in [6.45, 7) is 4.44. The van der Waals surface area contributed by atoms with Gasteiger partial charge in [-0.15, -0.1) is 0 Å². The number of aryl methyl sites for hydroxylation is 1. The summed E-state index contributed by atoms with van der Waals surface area (Å²) in [4.78, 5) is 26.1. The monoisotopic (exact) mass is 406 g/mol. The van der Waals surface area contributed by atoms with E-state index in [1.165, 1.54) is 17.7 Å². The molecule has 2 aromatic carbocycles. The van der Waals surface area contributed by atoms with Gasteiger partial charge in [-0.3, -0.25) is 10.1 Å². The molecule has 0 aliphatic rings. The van der Waals surface area contributed by atoms with E-state index in [1.807, 2.05) is 62.4 Å². The second-order valence-electron chi connectivity index (χ2n) is 6.35. The average molecular weight is 406 g/mol. The van der Waals surface area contributed by atoms with Gasteiger partial charge in [0.25, 0.3) is 0 Å². The fourth-order valence-electron chi connectivity index (χ4n) is 3.08. The summed E-state index contributed by atoms with van der Waals surface area (Å²) in [5.41, 5.74) is 2.59. The maximum atomic E-state index is 11.9. The average Bonchev–Trinajstić information content (AvgIpc) is 3.10. The number of anilines is 4. The zero-order valence-corrected chi connectivity index (χ0v) is 16.7. The van der Waals surface area contributed by atoms with Gasteiger partial charge in [-0.05, 0) is 43.7 Å². The predicted molar refractivity (Wildman–Crippen MR) is 115 cm³/mol. The molecule has 2 heterocycles. The summed E-state index contributed by atoms with van der Waals surface area (Å²) in [6, 6.07) is 15.4. The van der Waals surface area contributed by atoms with Crippen LogP contribution in [0.1, 0.15) is 12.5 Å². The van der Waals surface area contributed by atoms with Crippen LogP contribution in [0.25, 0.3) is 10.2 Å². The van der Waals surface area contributed by atoms with Crippen LogP contribution >= 0.6 is 11.3 Å². The fourth-order valence-corrected chi connectivity index (χ4v) is 4.04. The van der Waals surface area contributed by atoms with E-state index in [0.717, 1.165) is 21.5 Å². The molecule has 0 saturated heterocycles. The molecule has 0 saturated carbocycles. The topological polar surface area (TPSA) is 97.1 Å². The maximum Gasteiger partial charge on any atom is 0.354 e. The minimum absolute atomic E-state index is 0.116. The standard InChI is InChI=1S/C20H18N6O2S/c1-3-25(14-7-5-4-6-8-14)19-17(26(27)28)18(21-12-22-19)24-20-23-15-10-9-13(2)11-16(15)29-20/h4-12H,3H2,1-2H3,(H,21,22,23,24). The maximum absolute atomic E-state index is 11.9. The van der Waals surface area contributed by atoms with Crippen molar-refractivity contribution in [2.24, 2.45) is 0 Å². The van der Waals surface area contributed by atoms with Gasteiger partial charge in [-0.1, -0.05) is 35.6 Å². The van der Waals surface area contributed by atoms with Gasteiger partial charge in [-0.25, -0.2) is 15.0 Å². The van der Waals surface area contributed by atoms with Crippen LogP contribution in [0, 0.1) is 17.0 Å². The largest absolute Gasteiger partial charge is 0.354 e. The fraction of sp³-hybridized carbons (Fsp3) is 0.150. The zero-order chi connectivity index (χ0) is 20.4. The van der Waals surface area contributed by atoms with Crippen LogP contribution < -0.4 is 10.2 Å². The molecule has 0 radical (unpaired) electrons. The summed E-state index contributed by atoms with van der Waals surface area (Å²) in [6.07, 6.45) is 1.33. The molecular formula is C20H18N6O2S. The van der Waals surface area contributed by atoms with Crippen molar-refractivity contribution in [3.63, 3.8) is 0 Å². The Morgan fingerprint density at radius 2 is 1.97 bits per heavy atom. The molecule has 8 nitrogen and oxygen atoms in total. The number of rotatable bonds is 6. The predicted octanol–water partition coefficient (Wildman–Crippen LogP) is 5.20. The number of aromatic nitrogens is 3. The summed E-state index contributed by atoms with van der Waals surface area (Å²) in [5.74, 6) is 0.350. The van der Waals surface area contributed by atoms with Crippen molar-refractivity contribution in [1.82, 2.24) is 15.0 Å². The first-order valence-corrected chi connectivity index (χ1v) is 9.84. The lowest BCUT2D eigenvalue weighted by Gasteiger charge is -2.22. The number of fused-ring (bicyclic) bond motifs is 1. The Morgan fingerprint density at radius 3 is 2.69 bits per heavy atom. The molecule has 2 aromatic heterocycles. The summed E-state index contributed by atoms with van der Waals surface area (Å²) < 4.78 is 1.00. The highest BCUT2D eigenvalue weighted by Gasteiger charge is 2.28. The van der Waals surface area contributed by atoms with Gasteiger partial charge < -0.3 is 10.2 Å². The SMILES string of the molecule is CCN(c1ccccc1)c1ncnc(Nc2nc3ccc(C)cc3s2)c1[N+](=O)[O-]. The van der Waals surface area contributed by atoms with Gasteiger partial charge in [0.1, 0.15) is 6.33 Å². The van der Waals surface area contributed by atoms with Crippen molar-refractivity contribution in [3.8, 4) is 0 Å². The van der Waals surface area contributed by atoms with Crippen LogP contribution in [0.3, 0.4) is 0 Å². The lowest BCUT2D eigenvalue weighted by molar-refractivity contribution is -0.383. The number of nitrogens with one attached hydrogen (secondary N) is 1. The Balaban J connectivity index is 1.77. The number of thiazole rings is 1. The number of para-hydroxylation sites is 1. The minimum atomic E-state index is -0.458. The van der Waals surface area contributed by atoms with Crippen LogP contribution in [0.5, 0.6) is 0 Å². The molecule has 4 aromatic rings. The lowest BCUT2D eigenvalue weighted by atomic mass is 10.2. The van der Waals surface area contributed by atoms with Crippen molar-refractivity contribution in [2.45, 2.75) is 13.8 Å². The van der Waals surface area contributed by atoms with Gasteiger partial charge in [0.2, 0.25) is 11.6 Å². The van der Waals surface area contributed by atoms with E-state index >= 15 is 0 Å². The van der Waals surface area contributed by atoms with E-state index in [2.05, 4.69) is 20.3 Å². The highest BCUT2D eigenvalue weighted by Crippen LogP contribution is 2.38. The van der Waals surface area contributed by atoms with Crippen molar-refractivity contribution in [3.05, 3.63) is 70.5 Å². The molecule has 0 amide bonds. The van der Waals surface area contributed by atoms with E-state index in [-0.39, 0.29) is 17.3 Å². The summed E-state index contributed by atoms with van der Waals surface area (Å²) in [7, 11) is 0. The third-order valence-corrected chi connectivity index (χ3v) is 5.33. The Kier molecular flexibility index (Phi) is 5.05. The molecule has 0 unspecified atom stereocenters. The molecule has 0 fully saturated rings. The second-order valence-corrected chi connectivity index (χ2v) is 7.38. The Bertz CT molecular complexity index is 1180. The molecule has 9 heteroatoms. The van der Waals surface area contributed by atoms with Crippen LogP contribution in [0.2, 0.25) is 0 Å².